The predicted octanol–water partition coefficient (Wildman–Crippen LogP) is 5.27. The first-order chi connectivity index (χ1) is 14.7. The molecule has 0 unspecified atom stereocenters. The minimum atomic E-state index is 0.802. The van der Waals surface area contributed by atoms with E-state index in [9.17, 15) is 0 Å². The Morgan fingerprint density at radius 3 is 2.10 bits per heavy atom. The average Bonchev–Trinajstić information content (AvgIpc) is 3.51. The van der Waals surface area contributed by atoms with Gasteiger partial charge in [0.2, 0.25) is 0 Å². The van der Waals surface area contributed by atoms with Crippen molar-refractivity contribution in [1.82, 2.24) is 19.9 Å². The molecule has 0 spiro atoms. The Hall–Kier alpha value is -3.54. The van der Waals surface area contributed by atoms with E-state index in [0.29, 0.717) is 0 Å². The van der Waals surface area contributed by atoms with E-state index in [0.717, 1.165) is 54.9 Å². The monoisotopic (exact) mass is 432 g/mol. The van der Waals surface area contributed by atoms with Gasteiger partial charge in [0.15, 0.2) is 0 Å². The quantitative estimate of drug-likeness (QED) is 0.302. The van der Waals surface area contributed by atoms with Gasteiger partial charge in [-0.2, -0.15) is 0 Å². The second kappa shape index (κ2) is 7.70. The van der Waals surface area contributed by atoms with Crippen molar-refractivity contribution in [3.8, 4) is 0 Å². The number of rotatable bonds is 3. The van der Waals surface area contributed by atoms with Gasteiger partial charge in [0.1, 0.15) is 0 Å². The Morgan fingerprint density at radius 1 is 0.767 bits per heavy atom. The van der Waals surface area contributed by atoms with Crippen molar-refractivity contribution in [2.24, 2.45) is 0 Å². The van der Waals surface area contributed by atoms with Crippen LogP contribution in [-0.2, 0) is 15.3 Å². The molecule has 3 aromatic heterocycles. The second-order valence-electron chi connectivity index (χ2n) is 6.96. The fourth-order valence-electron chi connectivity index (χ4n) is 3.43. The minimum absolute atomic E-state index is 0.802. The molecule has 8 bridgehead atoms. The molecular formula is C25H17CoN4-. The van der Waals surface area contributed by atoms with E-state index in [1.54, 1.807) is 6.08 Å². The Morgan fingerprint density at radius 2 is 1.40 bits per heavy atom. The number of aromatic nitrogens is 4. The summed E-state index contributed by atoms with van der Waals surface area (Å²) < 4.78 is 0.802. The number of allylic oxidation sites excluding steroid dienone is 3. The molecule has 0 amide bonds. The molecular weight excluding hydrogens is 415 g/mol. The summed E-state index contributed by atoms with van der Waals surface area (Å²) in [5, 5.41) is 0. The summed E-state index contributed by atoms with van der Waals surface area (Å²) >= 11 is 4.72. The van der Waals surface area contributed by atoms with Gasteiger partial charge >= 0.3 is 182 Å². The maximum absolute atomic E-state index is 5.48. The molecule has 0 saturated heterocycles. The van der Waals surface area contributed by atoms with Crippen LogP contribution in [0.4, 0.5) is 0 Å². The number of hydrogen-bond donors (Lipinski definition) is 2. The van der Waals surface area contributed by atoms with Crippen LogP contribution in [0.15, 0.2) is 60.7 Å². The molecule has 3 aromatic rings. The third-order valence-corrected chi connectivity index (χ3v) is 5.21. The molecule has 5 heterocycles. The van der Waals surface area contributed by atoms with Crippen LogP contribution in [0.1, 0.15) is 28.3 Å². The van der Waals surface area contributed by atoms with E-state index in [1.807, 2.05) is 60.7 Å². The van der Waals surface area contributed by atoms with E-state index in [1.165, 1.54) is 6.08 Å². The Bertz CT molecular complexity index is 1430. The molecule has 147 valence electrons. The normalized spacial score (nSPS) is 12.6. The molecule has 5 rings (SSSR count). The summed E-state index contributed by atoms with van der Waals surface area (Å²) in [6.07, 6.45) is 13.1. The Kier molecular flexibility index (Phi) is 4.75. The standard InChI is InChI=1S/C25H17N4.Co/c1-2-3-4-5-17-12-24-15-22-9-8-20(27-22)13-18-6-7-19(26-18)14-21-10-11-23(28-21)16-25(17)29-24;/h1-4,6-16,27,29H;/q-1;/b4-3-,18-13?,19-14?,20-13?,21-14?,22-15?,23-16?,24-15?,25-16?;. The summed E-state index contributed by atoms with van der Waals surface area (Å²) in [7, 11) is 0. The van der Waals surface area contributed by atoms with Gasteiger partial charge in [-0.15, -0.1) is 0 Å². The fraction of sp³-hybridized carbons (Fsp3) is 0. The van der Waals surface area contributed by atoms with Crippen LogP contribution < -0.4 is 0 Å². The molecule has 2 N–H and O–H groups in total. The van der Waals surface area contributed by atoms with Gasteiger partial charge in [0.25, 0.3) is 0 Å². The topological polar surface area (TPSA) is 57.4 Å². The Labute approximate surface area is 181 Å². The van der Waals surface area contributed by atoms with Crippen molar-refractivity contribution >= 4 is 50.8 Å². The van der Waals surface area contributed by atoms with Crippen LogP contribution in [0.25, 0.3) is 46.4 Å². The molecule has 0 atom stereocenters. The van der Waals surface area contributed by atoms with Crippen LogP contribution in [0.3, 0.4) is 0 Å². The van der Waals surface area contributed by atoms with Crippen molar-refractivity contribution < 1.29 is 15.3 Å². The van der Waals surface area contributed by atoms with Gasteiger partial charge in [-0.05, 0) is 0 Å². The number of nitrogens with one attached hydrogen (secondary N) is 2. The van der Waals surface area contributed by atoms with E-state index in [2.05, 4.69) is 27.1 Å². The zero-order valence-electron chi connectivity index (χ0n) is 15.9. The maximum atomic E-state index is 5.48. The van der Waals surface area contributed by atoms with Crippen molar-refractivity contribution in [2.75, 3.05) is 0 Å². The van der Waals surface area contributed by atoms with Crippen LogP contribution in [0.2, 0.25) is 0 Å². The van der Waals surface area contributed by atoms with Gasteiger partial charge in [-0.1, -0.05) is 0 Å². The van der Waals surface area contributed by atoms with Crippen LogP contribution in [0.5, 0.6) is 0 Å². The van der Waals surface area contributed by atoms with Crippen LogP contribution in [-0.4, -0.2) is 24.4 Å². The summed E-state index contributed by atoms with van der Waals surface area (Å²) in [4.78, 5) is 16.2. The van der Waals surface area contributed by atoms with Crippen molar-refractivity contribution in [2.45, 2.75) is 0 Å². The first-order valence-corrected chi connectivity index (χ1v) is 9.99. The summed E-state index contributed by atoms with van der Waals surface area (Å²) in [5.74, 6) is 0. The molecule has 0 fully saturated rings. The number of H-pyrrole nitrogens is 2. The molecule has 2 aliphatic rings. The predicted molar refractivity (Wildman–Crippen MR) is 121 cm³/mol. The van der Waals surface area contributed by atoms with E-state index >= 15 is 0 Å². The van der Waals surface area contributed by atoms with Gasteiger partial charge in [-0.3, -0.25) is 0 Å². The molecule has 30 heavy (non-hydrogen) atoms. The third-order valence-electron chi connectivity index (χ3n) is 4.76. The molecule has 0 radical (unpaired) electrons. The van der Waals surface area contributed by atoms with E-state index in [-0.39, 0.29) is 0 Å². The number of fused-ring (bicyclic) bond motifs is 8. The number of nitrogens with zero attached hydrogens (tertiary/aromatic N) is 2. The van der Waals surface area contributed by atoms with Crippen molar-refractivity contribution in [3.63, 3.8) is 0 Å². The van der Waals surface area contributed by atoms with Gasteiger partial charge in [-0.25, -0.2) is 0 Å². The zero-order valence-corrected chi connectivity index (χ0v) is 16.9. The Balaban J connectivity index is 1.81. The first kappa shape index (κ1) is 18.5. The van der Waals surface area contributed by atoms with Gasteiger partial charge in [0, 0.05) is 0 Å². The van der Waals surface area contributed by atoms with Crippen LogP contribution in [0, 0.1) is 6.58 Å². The molecule has 2 aliphatic heterocycles. The molecule has 0 aromatic carbocycles. The van der Waals surface area contributed by atoms with Crippen LogP contribution >= 0.6 is 0 Å². The molecule has 5 heteroatoms. The second-order valence-corrected chi connectivity index (χ2v) is 7.52. The van der Waals surface area contributed by atoms with Gasteiger partial charge < -0.3 is 0 Å². The molecule has 0 saturated carbocycles. The van der Waals surface area contributed by atoms with E-state index < -0.39 is 0 Å². The van der Waals surface area contributed by atoms with Crippen molar-refractivity contribution in [3.05, 3.63) is 95.6 Å². The number of aromatic amines is 2. The van der Waals surface area contributed by atoms with Crippen molar-refractivity contribution in [1.29, 1.82) is 0 Å². The van der Waals surface area contributed by atoms with E-state index in [4.69, 9.17) is 26.9 Å². The summed E-state index contributed by atoms with van der Waals surface area (Å²) in [5.41, 5.74) is 8.35. The third kappa shape index (κ3) is 3.81. The summed E-state index contributed by atoms with van der Waals surface area (Å²) in [6, 6.07) is 14.2. The van der Waals surface area contributed by atoms with Gasteiger partial charge in [0.05, 0.1) is 0 Å². The molecule has 4 nitrogen and oxygen atoms in total. The molecule has 0 aliphatic carbocycles. The zero-order chi connectivity index (χ0) is 20.5. The average molecular weight is 432 g/mol. The number of hydrogen-bond acceptors (Lipinski definition) is 2. The SMILES string of the molecule is [CH-]=C/C=C\[C](=[Co])c1cc2cc3ccc(cc4nc(cc5nc(cc1[nH]2)C=C5)C=C4)[nH]3. The summed E-state index contributed by atoms with van der Waals surface area (Å²) in [6.45, 7) is 5.48. The fourth-order valence-corrected chi connectivity index (χ4v) is 3.75. The first-order valence-electron chi connectivity index (χ1n) is 9.47.